The summed E-state index contributed by atoms with van der Waals surface area (Å²) in [6.45, 7) is 0. The smallest absolute Gasteiger partial charge is 0.226 e. The third kappa shape index (κ3) is 3.14. The SMILES string of the molecule is Clc1nc(-c2ccccc2)nc(-c2cc3oc4c(-c5ccccc5)ccc5c6ccccc6c(c2)c3c45)n1. The number of rotatable bonds is 3. The number of fused-ring (bicyclic) bond motifs is 3. The molecule has 2 aromatic heterocycles. The second kappa shape index (κ2) is 8.10. The summed E-state index contributed by atoms with van der Waals surface area (Å²) in [5, 5.41) is 7.03. The fraction of sp³-hybridized carbons (Fsp3) is 0. The van der Waals surface area contributed by atoms with Crippen LogP contribution in [0.15, 0.2) is 114 Å². The van der Waals surface area contributed by atoms with Gasteiger partial charge < -0.3 is 4.42 Å². The van der Waals surface area contributed by atoms with Gasteiger partial charge in [-0.25, -0.2) is 4.98 Å². The quantitative estimate of drug-likeness (QED) is 0.224. The van der Waals surface area contributed by atoms with E-state index in [9.17, 15) is 0 Å². The second-order valence-corrected chi connectivity index (χ2v) is 9.73. The van der Waals surface area contributed by atoms with Crippen LogP contribution in [-0.4, -0.2) is 15.0 Å². The highest BCUT2D eigenvalue weighted by Crippen LogP contribution is 2.46. The lowest BCUT2D eigenvalue weighted by Gasteiger charge is -2.11. The van der Waals surface area contributed by atoms with Crippen molar-refractivity contribution in [3.8, 4) is 33.9 Å². The minimum Gasteiger partial charge on any atom is -0.455 e. The molecule has 0 unspecified atom stereocenters. The highest BCUT2D eigenvalue weighted by atomic mass is 35.5. The van der Waals surface area contributed by atoms with Gasteiger partial charge in [0.1, 0.15) is 11.2 Å². The number of hydrogen-bond donors (Lipinski definition) is 0. The molecule has 6 aromatic carbocycles. The van der Waals surface area contributed by atoms with E-state index >= 15 is 0 Å². The molecule has 0 fully saturated rings. The van der Waals surface area contributed by atoms with Crippen molar-refractivity contribution >= 4 is 55.1 Å². The molecule has 5 heteroatoms. The van der Waals surface area contributed by atoms with Gasteiger partial charge in [-0.3, -0.25) is 0 Å². The molecule has 0 amide bonds. The molecule has 8 rings (SSSR count). The molecule has 0 aliphatic carbocycles. The summed E-state index contributed by atoms with van der Waals surface area (Å²) in [6.07, 6.45) is 0. The maximum absolute atomic E-state index is 6.67. The lowest BCUT2D eigenvalue weighted by Crippen LogP contribution is -1.97. The Labute approximate surface area is 222 Å². The van der Waals surface area contributed by atoms with Crippen LogP contribution in [-0.2, 0) is 0 Å². The van der Waals surface area contributed by atoms with Crippen LogP contribution in [0, 0.1) is 0 Å². The van der Waals surface area contributed by atoms with Crippen molar-refractivity contribution < 1.29 is 4.42 Å². The summed E-state index contributed by atoms with van der Waals surface area (Å²) in [4.78, 5) is 13.7. The van der Waals surface area contributed by atoms with Gasteiger partial charge in [0, 0.05) is 27.5 Å². The Kier molecular flexibility index (Phi) is 4.54. The first-order chi connectivity index (χ1) is 18.7. The molecule has 2 heterocycles. The van der Waals surface area contributed by atoms with E-state index < -0.39 is 0 Å². The van der Waals surface area contributed by atoms with E-state index in [4.69, 9.17) is 21.0 Å². The third-order valence-corrected chi connectivity index (χ3v) is 7.38. The Balaban J connectivity index is 1.47. The Morgan fingerprint density at radius 1 is 0.500 bits per heavy atom. The van der Waals surface area contributed by atoms with Gasteiger partial charge in [-0.15, -0.1) is 0 Å². The minimum atomic E-state index is 0.154. The predicted molar refractivity (Wildman–Crippen MR) is 155 cm³/mol. The summed E-state index contributed by atoms with van der Waals surface area (Å²) in [5.74, 6) is 1.04. The molecule has 0 aliphatic rings. The number of hydrogen-bond acceptors (Lipinski definition) is 4. The van der Waals surface area contributed by atoms with Crippen LogP contribution in [0.5, 0.6) is 0 Å². The van der Waals surface area contributed by atoms with Crippen molar-refractivity contribution in [1.29, 1.82) is 0 Å². The van der Waals surface area contributed by atoms with Gasteiger partial charge in [0.15, 0.2) is 11.6 Å². The highest BCUT2D eigenvalue weighted by molar-refractivity contribution is 6.34. The van der Waals surface area contributed by atoms with E-state index in [1.165, 1.54) is 10.8 Å². The Hall–Kier alpha value is -4.80. The van der Waals surface area contributed by atoms with Crippen LogP contribution < -0.4 is 0 Å². The summed E-state index contributed by atoms with van der Waals surface area (Å²) in [7, 11) is 0. The van der Waals surface area contributed by atoms with Crippen molar-refractivity contribution in [1.82, 2.24) is 15.0 Å². The second-order valence-electron chi connectivity index (χ2n) is 9.39. The molecule has 4 nitrogen and oxygen atoms in total. The van der Waals surface area contributed by atoms with Crippen molar-refractivity contribution in [2.75, 3.05) is 0 Å². The normalized spacial score (nSPS) is 11.8. The maximum atomic E-state index is 6.67. The Bertz CT molecular complexity index is 2140. The zero-order valence-corrected chi connectivity index (χ0v) is 20.8. The molecule has 0 spiro atoms. The number of halogens is 1. The molecule has 0 saturated carbocycles. The van der Waals surface area contributed by atoms with Gasteiger partial charge in [0.25, 0.3) is 0 Å². The number of nitrogens with zero attached hydrogens (tertiary/aromatic N) is 3. The molecular formula is C33H18ClN3O. The van der Waals surface area contributed by atoms with Crippen LogP contribution >= 0.6 is 11.6 Å². The van der Waals surface area contributed by atoms with E-state index in [1.807, 2.05) is 42.5 Å². The van der Waals surface area contributed by atoms with Crippen LogP contribution in [0.1, 0.15) is 0 Å². The molecule has 38 heavy (non-hydrogen) atoms. The number of benzene rings is 6. The molecule has 0 bridgehead atoms. The van der Waals surface area contributed by atoms with E-state index in [-0.39, 0.29) is 5.28 Å². The largest absolute Gasteiger partial charge is 0.455 e. The molecule has 0 radical (unpaired) electrons. The maximum Gasteiger partial charge on any atom is 0.226 e. The first-order valence-electron chi connectivity index (χ1n) is 12.4. The summed E-state index contributed by atoms with van der Waals surface area (Å²) in [5.41, 5.74) is 5.58. The fourth-order valence-corrected chi connectivity index (χ4v) is 5.72. The van der Waals surface area contributed by atoms with Crippen LogP contribution in [0.2, 0.25) is 5.28 Å². The summed E-state index contributed by atoms with van der Waals surface area (Å²) < 4.78 is 6.67. The Morgan fingerprint density at radius 2 is 1.13 bits per heavy atom. The van der Waals surface area contributed by atoms with Crippen molar-refractivity contribution in [3.63, 3.8) is 0 Å². The minimum absolute atomic E-state index is 0.154. The standard InChI is InChI=1S/C33H18ClN3O/c34-33-36-31(20-11-5-2-6-12-20)35-32(37-33)21-17-26-24-14-8-7-13-23(24)25-16-15-22(19-9-3-1-4-10-19)30-29(25)28(26)27(18-21)38-30/h1-18H. The van der Waals surface area contributed by atoms with E-state index in [1.54, 1.807) is 0 Å². The number of furan rings is 1. The molecule has 0 saturated heterocycles. The van der Waals surface area contributed by atoms with Crippen molar-refractivity contribution in [2.45, 2.75) is 0 Å². The number of aromatic nitrogens is 3. The monoisotopic (exact) mass is 507 g/mol. The summed E-state index contributed by atoms with van der Waals surface area (Å²) >= 11 is 6.40. The molecule has 8 aromatic rings. The van der Waals surface area contributed by atoms with Gasteiger partial charge in [-0.2, -0.15) is 9.97 Å². The van der Waals surface area contributed by atoms with Gasteiger partial charge in [-0.05, 0) is 56.9 Å². The van der Waals surface area contributed by atoms with E-state index in [0.717, 1.165) is 55.0 Å². The molecule has 178 valence electrons. The van der Waals surface area contributed by atoms with Gasteiger partial charge in [0.05, 0.1) is 0 Å². The zero-order chi connectivity index (χ0) is 25.2. The van der Waals surface area contributed by atoms with Crippen LogP contribution in [0.25, 0.3) is 77.4 Å². The first-order valence-corrected chi connectivity index (χ1v) is 12.8. The average molecular weight is 508 g/mol. The zero-order valence-electron chi connectivity index (χ0n) is 20.0. The highest BCUT2D eigenvalue weighted by Gasteiger charge is 2.22. The van der Waals surface area contributed by atoms with Crippen LogP contribution in [0.4, 0.5) is 0 Å². The molecular weight excluding hydrogens is 490 g/mol. The van der Waals surface area contributed by atoms with Crippen LogP contribution in [0.3, 0.4) is 0 Å². The third-order valence-electron chi connectivity index (χ3n) is 7.21. The van der Waals surface area contributed by atoms with E-state index in [2.05, 4.69) is 76.7 Å². The average Bonchev–Trinajstić information content (AvgIpc) is 3.37. The first kappa shape index (κ1) is 21.3. The van der Waals surface area contributed by atoms with Crippen molar-refractivity contribution in [3.05, 3.63) is 114 Å². The van der Waals surface area contributed by atoms with E-state index in [0.29, 0.717) is 11.6 Å². The van der Waals surface area contributed by atoms with Gasteiger partial charge in [-0.1, -0.05) is 91.0 Å². The lowest BCUT2D eigenvalue weighted by atomic mass is 9.91. The molecule has 0 N–H and O–H groups in total. The fourth-order valence-electron chi connectivity index (χ4n) is 5.56. The topological polar surface area (TPSA) is 51.8 Å². The summed E-state index contributed by atoms with van der Waals surface area (Å²) in [6, 6.07) is 37.2. The van der Waals surface area contributed by atoms with Gasteiger partial charge >= 0.3 is 0 Å². The molecule has 0 atom stereocenters. The lowest BCUT2D eigenvalue weighted by molar-refractivity contribution is 0.670. The van der Waals surface area contributed by atoms with Crippen molar-refractivity contribution in [2.24, 2.45) is 0 Å². The van der Waals surface area contributed by atoms with Gasteiger partial charge in [0.2, 0.25) is 5.28 Å². The molecule has 0 aliphatic heterocycles. The Morgan fingerprint density at radius 3 is 1.87 bits per heavy atom. The predicted octanol–water partition coefficient (Wildman–Crippen LogP) is 9.17.